The molecule has 2 N–H and O–H groups in total. The number of nitrogens with zero attached hydrogens (tertiary/aromatic N) is 3. The molecule has 124 valence electrons. The quantitative estimate of drug-likeness (QED) is 0.860. The molecule has 1 saturated carbocycles. The van der Waals surface area contributed by atoms with E-state index in [1.807, 2.05) is 17.7 Å². The van der Waals surface area contributed by atoms with E-state index in [9.17, 15) is 4.79 Å². The maximum atomic E-state index is 12.0. The topological polar surface area (TPSA) is 75.6 Å². The lowest BCUT2D eigenvalue weighted by Crippen LogP contribution is -2.13. The van der Waals surface area contributed by atoms with E-state index < -0.39 is 0 Å². The minimum Gasteiger partial charge on any atom is -0.338 e. The van der Waals surface area contributed by atoms with Gasteiger partial charge in [0, 0.05) is 37.1 Å². The number of aromatic amines is 1. The third-order valence-corrected chi connectivity index (χ3v) is 4.66. The molecule has 23 heavy (non-hydrogen) atoms. The molecule has 6 heteroatoms. The molecular weight excluding hydrogens is 290 g/mol. The molecule has 2 aromatic heterocycles. The standard InChI is InChI=1S/C17H25N5O/c1-22-12-18-11-15(22)7-8-17(23)19-16-10-14(20-21-16)9-13-5-3-2-4-6-13/h10-13H,2-9H2,1H3,(H2,19,20,21,23). The van der Waals surface area contributed by atoms with Crippen molar-refractivity contribution in [1.29, 1.82) is 0 Å². The number of imidazole rings is 1. The molecule has 0 bridgehead atoms. The minimum atomic E-state index is -0.0121. The van der Waals surface area contributed by atoms with E-state index in [0.717, 1.165) is 23.7 Å². The van der Waals surface area contributed by atoms with E-state index in [2.05, 4.69) is 20.5 Å². The van der Waals surface area contributed by atoms with Gasteiger partial charge in [-0.15, -0.1) is 0 Å². The Balaban J connectivity index is 1.46. The summed E-state index contributed by atoms with van der Waals surface area (Å²) >= 11 is 0. The van der Waals surface area contributed by atoms with E-state index in [4.69, 9.17) is 0 Å². The third-order valence-electron chi connectivity index (χ3n) is 4.66. The fourth-order valence-corrected chi connectivity index (χ4v) is 3.30. The lowest BCUT2D eigenvalue weighted by Gasteiger charge is -2.20. The highest BCUT2D eigenvalue weighted by molar-refractivity contribution is 5.89. The van der Waals surface area contributed by atoms with Gasteiger partial charge in [-0.1, -0.05) is 32.1 Å². The zero-order valence-electron chi connectivity index (χ0n) is 13.7. The van der Waals surface area contributed by atoms with E-state index in [-0.39, 0.29) is 5.91 Å². The van der Waals surface area contributed by atoms with Crippen molar-refractivity contribution in [1.82, 2.24) is 19.7 Å². The predicted molar refractivity (Wildman–Crippen MR) is 89.0 cm³/mol. The summed E-state index contributed by atoms with van der Waals surface area (Å²) in [5.74, 6) is 1.38. The van der Waals surface area contributed by atoms with E-state index in [1.165, 1.54) is 32.1 Å². The average Bonchev–Trinajstić information content (AvgIpc) is 3.15. The molecule has 2 heterocycles. The van der Waals surface area contributed by atoms with Crippen LogP contribution in [0.5, 0.6) is 0 Å². The fraction of sp³-hybridized carbons (Fsp3) is 0.588. The van der Waals surface area contributed by atoms with Crippen LogP contribution >= 0.6 is 0 Å². The van der Waals surface area contributed by atoms with Crippen molar-refractivity contribution in [2.45, 2.75) is 51.4 Å². The highest BCUT2D eigenvalue weighted by atomic mass is 16.1. The molecule has 3 rings (SSSR count). The van der Waals surface area contributed by atoms with Crippen LogP contribution in [0, 0.1) is 5.92 Å². The Hall–Kier alpha value is -2.11. The highest BCUT2D eigenvalue weighted by Gasteiger charge is 2.15. The molecular formula is C17H25N5O. The molecule has 0 aromatic carbocycles. The summed E-state index contributed by atoms with van der Waals surface area (Å²) in [5.41, 5.74) is 2.18. The van der Waals surface area contributed by atoms with Gasteiger partial charge < -0.3 is 9.88 Å². The van der Waals surface area contributed by atoms with Crippen LogP contribution < -0.4 is 5.32 Å². The van der Waals surface area contributed by atoms with Gasteiger partial charge in [0.25, 0.3) is 0 Å². The second-order valence-corrected chi connectivity index (χ2v) is 6.53. The number of anilines is 1. The van der Waals surface area contributed by atoms with Crippen LogP contribution in [0.25, 0.3) is 0 Å². The molecule has 0 atom stereocenters. The number of hydrogen-bond acceptors (Lipinski definition) is 3. The molecule has 1 amide bonds. The minimum absolute atomic E-state index is 0.0121. The van der Waals surface area contributed by atoms with Crippen LogP contribution in [-0.4, -0.2) is 25.7 Å². The van der Waals surface area contributed by atoms with Gasteiger partial charge in [-0.2, -0.15) is 5.10 Å². The zero-order valence-corrected chi connectivity index (χ0v) is 13.7. The first-order chi connectivity index (χ1) is 11.2. The van der Waals surface area contributed by atoms with Crippen molar-refractivity contribution in [3.05, 3.63) is 30.0 Å². The van der Waals surface area contributed by atoms with Gasteiger partial charge >= 0.3 is 0 Å². The molecule has 0 radical (unpaired) electrons. The van der Waals surface area contributed by atoms with Crippen molar-refractivity contribution in [2.75, 3.05) is 5.32 Å². The fourth-order valence-electron chi connectivity index (χ4n) is 3.30. The molecule has 1 fully saturated rings. The first-order valence-corrected chi connectivity index (χ1v) is 8.50. The Morgan fingerprint density at radius 2 is 2.22 bits per heavy atom. The van der Waals surface area contributed by atoms with E-state index >= 15 is 0 Å². The van der Waals surface area contributed by atoms with Gasteiger partial charge in [0.2, 0.25) is 5.91 Å². The average molecular weight is 315 g/mol. The van der Waals surface area contributed by atoms with Gasteiger partial charge in [-0.3, -0.25) is 9.89 Å². The van der Waals surface area contributed by atoms with Crippen LogP contribution in [0.15, 0.2) is 18.6 Å². The van der Waals surface area contributed by atoms with Crippen LogP contribution in [-0.2, 0) is 24.7 Å². The van der Waals surface area contributed by atoms with Gasteiger partial charge in [-0.05, 0) is 18.8 Å². The molecule has 0 unspecified atom stereocenters. The molecule has 6 nitrogen and oxygen atoms in total. The Labute approximate surface area is 136 Å². The smallest absolute Gasteiger partial charge is 0.225 e. The summed E-state index contributed by atoms with van der Waals surface area (Å²) in [4.78, 5) is 16.1. The first kappa shape index (κ1) is 15.8. The Morgan fingerprint density at radius 1 is 1.39 bits per heavy atom. The van der Waals surface area contributed by atoms with Crippen LogP contribution in [0.4, 0.5) is 5.82 Å². The summed E-state index contributed by atoms with van der Waals surface area (Å²) < 4.78 is 1.93. The molecule has 1 aliphatic rings. The summed E-state index contributed by atoms with van der Waals surface area (Å²) in [6.07, 6.45) is 12.4. The lowest BCUT2D eigenvalue weighted by atomic mass is 9.86. The number of H-pyrrole nitrogens is 1. The van der Waals surface area contributed by atoms with E-state index in [1.54, 1.807) is 12.5 Å². The molecule has 1 aliphatic carbocycles. The number of nitrogens with one attached hydrogen (secondary N) is 2. The van der Waals surface area contributed by atoms with Crippen LogP contribution in [0.1, 0.15) is 49.9 Å². The Morgan fingerprint density at radius 3 is 2.96 bits per heavy atom. The number of carbonyl (C=O) groups excluding carboxylic acids is 1. The lowest BCUT2D eigenvalue weighted by molar-refractivity contribution is -0.116. The summed E-state index contributed by atoms with van der Waals surface area (Å²) in [5, 5.41) is 10.1. The summed E-state index contributed by atoms with van der Waals surface area (Å²) in [6.45, 7) is 0. The number of rotatable bonds is 6. The number of hydrogen-bond donors (Lipinski definition) is 2. The van der Waals surface area contributed by atoms with Gasteiger partial charge in [-0.25, -0.2) is 4.98 Å². The Bertz CT molecular complexity index is 639. The van der Waals surface area contributed by atoms with Crippen molar-refractivity contribution in [2.24, 2.45) is 13.0 Å². The van der Waals surface area contributed by atoms with E-state index in [0.29, 0.717) is 18.7 Å². The largest absolute Gasteiger partial charge is 0.338 e. The first-order valence-electron chi connectivity index (χ1n) is 8.50. The van der Waals surface area contributed by atoms with Crippen LogP contribution in [0.2, 0.25) is 0 Å². The number of carbonyl (C=O) groups is 1. The zero-order chi connectivity index (χ0) is 16.1. The van der Waals surface area contributed by atoms with Crippen molar-refractivity contribution in [3.63, 3.8) is 0 Å². The number of aryl methyl sites for hydroxylation is 2. The van der Waals surface area contributed by atoms with Crippen LogP contribution in [0.3, 0.4) is 0 Å². The molecule has 0 aliphatic heterocycles. The third kappa shape index (κ3) is 4.43. The maximum Gasteiger partial charge on any atom is 0.225 e. The predicted octanol–water partition coefficient (Wildman–Crippen LogP) is 2.84. The molecule has 2 aromatic rings. The molecule has 0 spiro atoms. The van der Waals surface area contributed by atoms with Crippen molar-refractivity contribution < 1.29 is 4.79 Å². The monoisotopic (exact) mass is 315 g/mol. The summed E-state index contributed by atoms with van der Waals surface area (Å²) in [7, 11) is 1.94. The highest BCUT2D eigenvalue weighted by Crippen LogP contribution is 2.26. The van der Waals surface area contributed by atoms with Gasteiger partial charge in [0.1, 0.15) is 0 Å². The summed E-state index contributed by atoms with van der Waals surface area (Å²) in [6, 6.07) is 1.97. The van der Waals surface area contributed by atoms with Gasteiger partial charge in [0.05, 0.1) is 6.33 Å². The Kier molecular flexibility index (Phi) is 5.10. The normalized spacial score (nSPS) is 15.7. The second kappa shape index (κ2) is 7.44. The second-order valence-electron chi connectivity index (χ2n) is 6.53. The maximum absolute atomic E-state index is 12.0. The number of aromatic nitrogens is 4. The number of amides is 1. The van der Waals surface area contributed by atoms with Crippen molar-refractivity contribution >= 4 is 11.7 Å². The SMILES string of the molecule is Cn1cncc1CCC(=O)Nc1cc(CC2CCCCC2)[nH]n1. The molecule has 0 saturated heterocycles. The van der Waals surface area contributed by atoms with Gasteiger partial charge in [0.15, 0.2) is 5.82 Å². The van der Waals surface area contributed by atoms with Crippen molar-refractivity contribution in [3.8, 4) is 0 Å².